The Morgan fingerprint density at radius 3 is 2.31 bits per heavy atom. The van der Waals surface area contributed by atoms with Crippen molar-refractivity contribution in [3.63, 3.8) is 0 Å². The van der Waals surface area contributed by atoms with E-state index in [9.17, 15) is 9.59 Å². The predicted octanol–water partition coefficient (Wildman–Crippen LogP) is 1.34. The van der Waals surface area contributed by atoms with Gasteiger partial charge in [-0.05, 0) is 13.8 Å². The maximum Gasteiger partial charge on any atom is 0.376 e. The van der Waals surface area contributed by atoms with E-state index in [1.165, 1.54) is 6.92 Å². The number of hydrogen-bond donors (Lipinski definition) is 0. The summed E-state index contributed by atoms with van der Waals surface area (Å²) in [6.07, 6.45) is 0. The van der Waals surface area contributed by atoms with Gasteiger partial charge in [0.25, 0.3) is 0 Å². The fourth-order valence-corrected chi connectivity index (χ4v) is 1.10. The molecule has 0 bridgehead atoms. The van der Waals surface area contributed by atoms with Crippen LogP contribution in [0, 0.1) is 6.92 Å². The van der Waals surface area contributed by atoms with Gasteiger partial charge < -0.3 is 13.9 Å². The summed E-state index contributed by atoms with van der Waals surface area (Å²) in [5, 5.41) is 0. The minimum atomic E-state index is -0.717. The first-order chi connectivity index (χ1) is 7.60. The van der Waals surface area contributed by atoms with Crippen LogP contribution in [0.1, 0.15) is 40.8 Å². The minimum absolute atomic E-state index is 0.141. The molecule has 16 heavy (non-hydrogen) atoms. The van der Waals surface area contributed by atoms with Gasteiger partial charge in [-0.3, -0.25) is 0 Å². The van der Waals surface area contributed by atoms with Crippen LogP contribution in [0.3, 0.4) is 0 Å². The molecule has 88 valence electrons. The molecule has 0 spiro atoms. The van der Waals surface area contributed by atoms with E-state index in [0.717, 1.165) is 0 Å². The van der Waals surface area contributed by atoms with Crippen LogP contribution in [0.15, 0.2) is 4.42 Å². The molecule has 0 fully saturated rings. The number of nitrogens with zero attached hydrogens (tertiary/aromatic N) is 1. The fraction of sp³-hybridized carbons (Fsp3) is 0.500. The average Bonchev–Trinajstić information content (AvgIpc) is 2.61. The summed E-state index contributed by atoms with van der Waals surface area (Å²) >= 11 is 0. The standard InChI is InChI=1S/C10H13NO5/c1-4-14-9(12)7-8(10(13)15-5-2)16-6(3)11-7/h4-5H2,1-3H3. The fourth-order valence-electron chi connectivity index (χ4n) is 1.10. The lowest BCUT2D eigenvalue weighted by Gasteiger charge is -2.00. The Kier molecular flexibility index (Phi) is 4.04. The molecule has 6 nitrogen and oxygen atoms in total. The predicted molar refractivity (Wildman–Crippen MR) is 53.2 cm³/mol. The summed E-state index contributed by atoms with van der Waals surface area (Å²) in [5.41, 5.74) is -0.141. The highest BCUT2D eigenvalue weighted by molar-refractivity contribution is 5.99. The van der Waals surface area contributed by atoms with E-state index < -0.39 is 11.9 Å². The van der Waals surface area contributed by atoms with Gasteiger partial charge in [-0.2, -0.15) is 0 Å². The van der Waals surface area contributed by atoms with Crippen molar-refractivity contribution in [1.29, 1.82) is 0 Å². The second-order valence-electron chi connectivity index (χ2n) is 2.85. The Labute approximate surface area is 92.6 Å². The van der Waals surface area contributed by atoms with Crippen LogP contribution in [0.2, 0.25) is 0 Å². The molecule has 0 amide bonds. The van der Waals surface area contributed by atoms with Crippen LogP contribution >= 0.6 is 0 Å². The van der Waals surface area contributed by atoms with E-state index in [4.69, 9.17) is 13.9 Å². The van der Waals surface area contributed by atoms with Gasteiger partial charge in [-0.15, -0.1) is 0 Å². The van der Waals surface area contributed by atoms with Gasteiger partial charge in [0.2, 0.25) is 11.5 Å². The van der Waals surface area contributed by atoms with Crippen LogP contribution < -0.4 is 0 Å². The molecule has 0 radical (unpaired) electrons. The van der Waals surface area contributed by atoms with Crippen molar-refractivity contribution in [1.82, 2.24) is 4.98 Å². The van der Waals surface area contributed by atoms with E-state index in [0.29, 0.717) is 0 Å². The third-order valence-corrected chi connectivity index (χ3v) is 1.66. The molecule has 6 heteroatoms. The summed E-state index contributed by atoms with van der Waals surface area (Å²) in [6.45, 7) is 5.25. The number of carbonyl (C=O) groups is 2. The van der Waals surface area contributed by atoms with Gasteiger partial charge in [0.1, 0.15) is 0 Å². The van der Waals surface area contributed by atoms with Crippen LogP contribution in [-0.2, 0) is 9.47 Å². The van der Waals surface area contributed by atoms with Crippen molar-refractivity contribution in [2.75, 3.05) is 13.2 Å². The molecule has 1 rings (SSSR count). The molecule has 0 unspecified atom stereocenters. The maximum absolute atomic E-state index is 11.4. The molecule has 0 aliphatic rings. The van der Waals surface area contributed by atoms with Gasteiger partial charge >= 0.3 is 11.9 Å². The van der Waals surface area contributed by atoms with Crippen molar-refractivity contribution in [3.8, 4) is 0 Å². The minimum Gasteiger partial charge on any atom is -0.461 e. The molecule has 1 heterocycles. The third-order valence-electron chi connectivity index (χ3n) is 1.66. The number of esters is 2. The Morgan fingerprint density at radius 1 is 1.19 bits per heavy atom. The van der Waals surface area contributed by atoms with Crippen molar-refractivity contribution in [2.45, 2.75) is 20.8 Å². The largest absolute Gasteiger partial charge is 0.461 e. The molecule has 1 aromatic heterocycles. The third kappa shape index (κ3) is 2.59. The van der Waals surface area contributed by atoms with E-state index in [-0.39, 0.29) is 30.6 Å². The first kappa shape index (κ1) is 12.2. The van der Waals surface area contributed by atoms with Gasteiger partial charge in [-0.1, -0.05) is 0 Å². The van der Waals surface area contributed by atoms with Crippen LogP contribution in [0.5, 0.6) is 0 Å². The molecule has 0 atom stereocenters. The molecule has 0 N–H and O–H groups in total. The molecule has 0 saturated heterocycles. The summed E-state index contributed by atoms with van der Waals surface area (Å²) in [4.78, 5) is 26.6. The van der Waals surface area contributed by atoms with E-state index in [2.05, 4.69) is 4.98 Å². The van der Waals surface area contributed by atoms with Gasteiger partial charge in [0, 0.05) is 6.92 Å². The maximum atomic E-state index is 11.4. The lowest BCUT2D eigenvalue weighted by atomic mass is 10.3. The summed E-state index contributed by atoms with van der Waals surface area (Å²) < 4.78 is 14.5. The Morgan fingerprint density at radius 2 is 1.75 bits per heavy atom. The summed E-state index contributed by atoms with van der Waals surface area (Å²) in [5.74, 6) is -1.41. The van der Waals surface area contributed by atoms with Crippen LogP contribution in [0.25, 0.3) is 0 Å². The first-order valence-electron chi connectivity index (χ1n) is 4.91. The number of rotatable bonds is 4. The molecule has 0 aliphatic heterocycles. The van der Waals surface area contributed by atoms with Gasteiger partial charge in [0.05, 0.1) is 13.2 Å². The Bertz CT molecular complexity index is 360. The summed E-state index contributed by atoms with van der Waals surface area (Å²) in [6, 6.07) is 0. The normalized spacial score (nSPS) is 9.94. The molecule has 1 aromatic rings. The quantitative estimate of drug-likeness (QED) is 0.722. The van der Waals surface area contributed by atoms with Crippen molar-refractivity contribution in [2.24, 2.45) is 0 Å². The second-order valence-corrected chi connectivity index (χ2v) is 2.85. The zero-order valence-corrected chi connectivity index (χ0v) is 9.40. The Hall–Kier alpha value is -1.85. The second kappa shape index (κ2) is 5.29. The average molecular weight is 227 g/mol. The monoisotopic (exact) mass is 227 g/mol. The van der Waals surface area contributed by atoms with E-state index in [1.54, 1.807) is 13.8 Å². The number of aryl methyl sites for hydroxylation is 1. The molecular weight excluding hydrogens is 214 g/mol. The number of carbonyl (C=O) groups excluding carboxylic acids is 2. The molecule has 0 saturated carbocycles. The van der Waals surface area contributed by atoms with Gasteiger partial charge in [0.15, 0.2) is 5.89 Å². The van der Waals surface area contributed by atoms with Crippen molar-refractivity contribution >= 4 is 11.9 Å². The zero-order chi connectivity index (χ0) is 12.1. The van der Waals surface area contributed by atoms with E-state index >= 15 is 0 Å². The number of aromatic nitrogens is 1. The van der Waals surface area contributed by atoms with Gasteiger partial charge in [-0.25, -0.2) is 14.6 Å². The highest BCUT2D eigenvalue weighted by Gasteiger charge is 2.26. The number of oxazole rings is 1. The van der Waals surface area contributed by atoms with Crippen LogP contribution in [-0.4, -0.2) is 30.1 Å². The number of hydrogen-bond acceptors (Lipinski definition) is 6. The van der Waals surface area contributed by atoms with Crippen molar-refractivity contribution < 1.29 is 23.5 Å². The highest BCUT2D eigenvalue weighted by Crippen LogP contribution is 2.13. The topological polar surface area (TPSA) is 78.6 Å². The lowest BCUT2D eigenvalue weighted by molar-refractivity contribution is 0.0449. The SMILES string of the molecule is CCOC(=O)c1nc(C)oc1C(=O)OCC. The van der Waals surface area contributed by atoms with Crippen LogP contribution in [0.4, 0.5) is 0 Å². The Balaban J connectivity index is 2.99. The zero-order valence-electron chi connectivity index (χ0n) is 9.40. The van der Waals surface area contributed by atoms with E-state index in [1.807, 2.05) is 0 Å². The smallest absolute Gasteiger partial charge is 0.376 e. The number of ether oxygens (including phenoxy) is 2. The summed E-state index contributed by atoms with van der Waals surface area (Å²) in [7, 11) is 0. The molecule has 0 aromatic carbocycles. The highest BCUT2D eigenvalue weighted by atomic mass is 16.6. The molecular formula is C10H13NO5. The van der Waals surface area contributed by atoms with Crippen molar-refractivity contribution in [3.05, 3.63) is 17.3 Å². The first-order valence-corrected chi connectivity index (χ1v) is 4.91. The molecule has 0 aliphatic carbocycles. The lowest BCUT2D eigenvalue weighted by Crippen LogP contribution is -2.12.